The second-order valence-electron chi connectivity index (χ2n) is 5.67. The fourth-order valence-electron chi connectivity index (χ4n) is 3.07. The molecule has 0 atom stereocenters. The van der Waals surface area contributed by atoms with Gasteiger partial charge in [-0.2, -0.15) is 0 Å². The van der Waals surface area contributed by atoms with Gasteiger partial charge in [0.25, 0.3) is 5.91 Å². The number of amides is 1. The summed E-state index contributed by atoms with van der Waals surface area (Å²) in [6, 6.07) is 0. The quantitative estimate of drug-likeness (QED) is 0.727. The van der Waals surface area contributed by atoms with E-state index in [-0.39, 0.29) is 19.0 Å². The summed E-state index contributed by atoms with van der Waals surface area (Å²) in [4.78, 5) is 13.7. The standard InChI is InChI=1S/C12H18N4O3/c1-15-9(6-13-14-15)12(19)7-16(8-12)10(17)11(18)4-2-3-5-11/h6,18-19H,2-5,7-8H2,1H3. The lowest BCUT2D eigenvalue weighted by Crippen LogP contribution is -2.65. The first-order valence-corrected chi connectivity index (χ1v) is 6.54. The van der Waals surface area contributed by atoms with Crippen molar-refractivity contribution in [1.29, 1.82) is 0 Å². The Morgan fingerprint density at radius 1 is 1.32 bits per heavy atom. The van der Waals surface area contributed by atoms with Crippen LogP contribution in [-0.4, -0.2) is 54.7 Å². The van der Waals surface area contributed by atoms with Crippen LogP contribution in [0.15, 0.2) is 6.20 Å². The summed E-state index contributed by atoms with van der Waals surface area (Å²) in [6.07, 6.45) is 4.31. The largest absolute Gasteiger partial charge is 0.380 e. The molecule has 1 amide bonds. The van der Waals surface area contributed by atoms with Crippen LogP contribution in [0.1, 0.15) is 31.4 Å². The van der Waals surface area contributed by atoms with E-state index >= 15 is 0 Å². The first-order chi connectivity index (χ1) is 8.95. The molecule has 1 aliphatic carbocycles. The Hall–Kier alpha value is -1.47. The molecule has 0 radical (unpaired) electrons. The third-order valence-corrected chi connectivity index (χ3v) is 4.21. The Balaban J connectivity index is 1.70. The lowest BCUT2D eigenvalue weighted by atomic mass is 9.88. The Bertz CT molecular complexity index is 501. The van der Waals surface area contributed by atoms with E-state index in [0.717, 1.165) is 12.8 Å². The van der Waals surface area contributed by atoms with Crippen molar-refractivity contribution in [2.24, 2.45) is 7.05 Å². The van der Waals surface area contributed by atoms with Crippen LogP contribution in [0.2, 0.25) is 0 Å². The minimum absolute atomic E-state index is 0.190. The lowest BCUT2D eigenvalue weighted by molar-refractivity contribution is -0.176. The fraction of sp³-hybridized carbons (Fsp3) is 0.750. The van der Waals surface area contributed by atoms with Crippen molar-refractivity contribution in [2.45, 2.75) is 36.9 Å². The molecule has 0 spiro atoms. The van der Waals surface area contributed by atoms with Gasteiger partial charge in [0.15, 0.2) is 0 Å². The van der Waals surface area contributed by atoms with E-state index in [0.29, 0.717) is 18.5 Å². The molecule has 0 bridgehead atoms. The van der Waals surface area contributed by atoms with Gasteiger partial charge in [0.1, 0.15) is 11.2 Å². The predicted molar refractivity (Wildman–Crippen MR) is 64.9 cm³/mol. The summed E-state index contributed by atoms with van der Waals surface area (Å²) >= 11 is 0. The van der Waals surface area contributed by atoms with E-state index in [9.17, 15) is 15.0 Å². The topological polar surface area (TPSA) is 91.5 Å². The predicted octanol–water partition coefficient (Wildman–Crippen LogP) is -0.850. The molecular weight excluding hydrogens is 248 g/mol. The summed E-state index contributed by atoms with van der Waals surface area (Å²) in [6.45, 7) is 0.380. The van der Waals surface area contributed by atoms with Gasteiger partial charge in [0.05, 0.1) is 25.0 Å². The molecule has 0 unspecified atom stereocenters. The smallest absolute Gasteiger partial charge is 0.254 e. The van der Waals surface area contributed by atoms with Gasteiger partial charge in [0, 0.05) is 7.05 Å². The van der Waals surface area contributed by atoms with E-state index in [2.05, 4.69) is 10.3 Å². The number of hydrogen-bond acceptors (Lipinski definition) is 5. The molecule has 0 aromatic carbocycles. The first-order valence-electron chi connectivity index (χ1n) is 6.54. The van der Waals surface area contributed by atoms with Gasteiger partial charge in [0.2, 0.25) is 0 Å². The maximum absolute atomic E-state index is 12.2. The second kappa shape index (κ2) is 4.01. The normalized spacial score (nSPS) is 24.3. The molecule has 1 aromatic rings. The summed E-state index contributed by atoms with van der Waals surface area (Å²) < 4.78 is 1.51. The number of hydrogen-bond donors (Lipinski definition) is 2. The minimum atomic E-state index is -1.22. The average molecular weight is 266 g/mol. The third kappa shape index (κ3) is 1.84. The van der Waals surface area contributed by atoms with Gasteiger partial charge >= 0.3 is 0 Å². The molecule has 104 valence electrons. The zero-order valence-electron chi connectivity index (χ0n) is 10.9. The highest BCUT2D eigenvalue weighted by atomic mass is 16.3. The van der Waals surface area contributed by atoms with Crippen LogP contribution >= 0.6 is 0 Å². The van der Waals surface area contributed by atoms with Gasteiger partial charge in [-0.05, 0) is 25.7 Å². The van der Waals surface area contributed by atoms with Gasteiger partial charge in [-0.15, -0.1) is 5.10 Å². The molecular formula is C12H18N4O3. The van der Waals surface area contributed by atoms with E-state index in [1.54, 1.807) is 7.05 Å². The fourth-order valence-corrected chi connectivity index (χ4v) is 3.07. The zero-order valence-corrected chi connectivity index (χ0v) is 10.9. The van der Waals surface area contributed by atoms with Crippen LogP contribution in [0.25, 0.3) is 0 Å². The van der Waals surface area contributed by atoms with Crippen LogP contribution in [0.4, 0.5) is 0 Å². The summed E-state index contributed by atoms with van der Waals surface area (Å²) in [5.41, 5.74) is -1.72. The van der Waals surface area contributed by atoms with Gasteiger partial charge in [-0.25, -0.2) is 4.68 Å². The Labute approximate surface area is 110 Å². The van der Waals surface area contributed by atoms with Gasteiger partial charge < -0.3 is 15.1 Å². The van der Waals surface area contributed by atoms with Crippen molar-refractivity contribution < 1.29 is 15.0 Å². The van der Waals surface area contributed by atoms with Gasteiger partial charge in [-0.1, -0.05) is 5.21 Å². The summed E-state index contributed by atoms with van der Waals surface area (Å²) in [5, 5.41) is 28.2. The molecule has 2 aliphatic rings. The average Bonchev–Trinajstić information content (AvgIpc) is 2.94. The molecule has 2 heterocycles. The van der Waals surface area contributed by atoms with Crippen molar-refractivity contribution >= 4 is 5.91 Å². The Kier molecular flexibility index (Phi) is 2.65. The van der Waals surface area contributed by atoms with E-state index in [4.69, 9.17) is 0 Å². The van der Waals surface area contributed by atoms with Crippen LogP contribution in [-0.2, 0) is 17.4 Å². The Morgan fingerprint density at radius 3 is 2.47 bits per heavy atom. The number of nitrogens with zero attached hydrogens (tertiary/aromatic N) is 4. The molecule has 3 rings (SSSR count). The molecule has 2 fully saturated rings. The maximum atomic E-state index is 12.2. The monoisotopic (exact) mass is 266 g/mol. The minimum Gasteiger partial charge on any atom is -0.380 e. The van der Waals surface area contributed by atoms with Crippen LogP contribution in [0.5, 0.6) is 0 Å². The SMILES string of the molecule is Cn1nncc1C1(O)CN(C(=O)C2(O)CCCC2)C1. The highest BCUT2D eigenvalue weighted by Crippen LogP contribution is 2.37. The third-order valence-electron chi connectivity index (χ3n) is 4.21. The molecule has 1 aliphatic heterocycles. The van der Waals surface area contributed by atoms with Crippen molar-refractivity contribution in [3.63, 3.8) is 0 Å². The number of aryl methyl sites for hydroxylation is 1. The number of aliphatic hydroxyl groups is 2. The molecule has 7 heteroatoms. The van der Waals surface area contributed by atoms with Gasteiger partial charge in [-0.3, -0.25) is 4.79 Å². The number of carbonyl (C=O) groups excluding carboxylic acids is 1. The number of carbonyl (C=O) groups is 1. The molecule has 1 saturated heterocycles. The van der Waals surface area contributed by atoms with Crippen molar-refractivity contribution in [3.05, 3.63) is 11.9 Å². The number of aromatic nitrogens is 3. The maximum Gasteiger partial charge on any atom is 0.254 e. The molecule has 1 saturated carbocycles. The first kappa shape index (κ1) is 12.6. The van der Waals surface area contributed by atoms with Crippen molar-refractivity contribution in [1.82, 2.24) is 19.9 Å². The Morgan fingerprint density at radius 2 is 1.95 bits per heavy atom. The number of rotatable bonds is 2. The zero-order chi connectivity index (χ0) is 13.7. The number of β-amino-alcohol motifs (C(OH)–C–C–N with tert-alkyl or cyclic N) is 1. The van der Waals surface area contributed by atoms with E-state index < -0.39 is 11.2 Å². The van der Waals surface area contributed by atoms with Crippen LogP contribution in [0.3, 0.4) is 0 Å². The summed E-state index contributed by atoms with van der Waals surface area (Å²) in [5.74, 6) is -0.259. The summed E-state index contributed by atoms with van der Waals surface area (Å²) in [7, 11) is 1.70. The highest BCUT2D eigenvalue weighted by molar-refractivity contribution is 5.86. The van der Waals surface area contributed by atoms with E-state index in [1.807, 2.05) is 0 Å². The number of likely N-dealkylation sites (tertiary alicyclic amines) is 1. The molecule has 7 nitrogen and oxygen atoms in total. The molecule has 1 aromatic heterocycles. The molecule has 19 heavy (non-hydrogen) atoms. The van der Waals surface area contributed by atoms with Crippen molar-refractivity contribution in [3.8, 4) is 0 Å². The van der Waals surface area contributed by atoms with E-state index in [1.165, 1.54) is 15.8 Å². The van der Waals surface area contributed by atoms with Crippen LogP contribution in [0, 0.1) is 0 Å². The molecule has 2 N–H and O–H groups in total. The highest BCUT2D eigenvalue weighted by Gasteiger charge is 2.52. The lowest BCUT2D eigenvalue weighted by Gasteiger charge is -2.48. The second-order valence-corrected chi connectivity index (χ2v) is 5.67. The van der Waals surface area contributed by atoms with Crippen molar-refractivity contribution in [2.75, 3.05) is 13.1 Å². The van der Waals surface area contributed by atoms with Crippen LogP contribution < -0.4 is 0 Å².